The second-order valence-electron chi connectivity index (χ2n) is 6.57. The molecule has 1 aromatic heterocycles. The van der Waals surface area contributed by atoms with Gasteiger partial charge in [-0.05, 0) is 50.2 Å². The molecule has 1 fully saturated rings. The second kappa shape index (κ2) is 8.60. The highest BCUT2D eigenvalue weighted by atomic mass is 32.2. The van der Waals surface area contributed by atoms with Crippen molar-refractivity contribution in [3.8, 4) is 0 Å². The summed E-state index contributed by atoms with van der Waals surface area (Å²) in [6.45, 7) is 5.44. The second-order valence-corrected chi connectivity index (χ2v) is 8.43. The maximum atomic E-state index is 12.9. The van der Waals surface area contributed by atoms with Gasteiger partial charge in [-0.1, -0.05) is 0 Å². The molecule has 2 aromatic rings. The molecule has 1 saturated heterocycles. The number of sulfonamides is 1. The molecule has 154 valence electrons. The number of rotatable bonds is 7. The zero-order valence-electron chi connectivity index (χ0n) is 16.3. The molecule has 2 heterocycles. The summed E-state index contributed by atoms with van der Waals surface area (Å²) in [4.78, 5) is 30.4. The van der Waals surface area contributed by atoms with E-state index in [0.29, 0.717) is 0 Å². The molecule has 1 amide bonds. The molecule has 8 nitrogen and oxygen atoms in total. The first-order chi connectivity index (χ1) is 13.9. The third-order valence-corrected chi connectivity index (χ3v) is 6.58. The van der Waals surface area contributed by atoms with Crippen LogP contribution in [0.2, 0.25) is 0 Å². The van der Waals surface area contributed by atoms with Gasteiger partial charge in [0.05, 0.1) is 23.4 Å². The van der Waals surface area contributed by atoms with Gasteiger partial charge < -0.3 is 9.64 Å². The molecule has 29 heavy (non-hydrogen) atoms. The maximum absolute atomic E-state index is 12.9. The van der Waals surface area contributed by atoms with E-state index in [-0.39, 0.29) is 23.4 Å². The Morgan fingerprint density at radius 3 is 2.48 bits per heavy atom. The summed E-state index contributed by atoms with van der Waals surface area (Å²) in [6, 6.07) is 9.56. The average Bonchev–Trinajstić information content (AvgIpc) is 3.11. The van der Waals surface area contributed by atoms with Crippen LogP contribution < -0.4 is 4.90 Å². The van der Waals surface area contributed by atoms with Crippen LogP contribution in [0.4, 0.5) is 5.69 Å². The summed E-state index contributed by atoms with van der Waals surface area (Å²) in [5, 5.41) is 0. The van der Waals surface area contributed by atoms with Gasteiger partial charge in [-0.15, -0.1) is 0 Å². The van der Waals surface area contributed by atoms with Gasteiger partial charge >= 0.3 is 5.97 Å². The van der Waals surface area contributed by atoms with Crippen LogP contribution in [0.15, 0.2) is 53.7 Å². The van der Waals surface area contributed by atoms with E-state index in [1.807, 2.05) is 13.8 Å². The molecule has 1 atom stereocenters. The molecule has 0 N–H and O–H groups in total. The van der Waals surface area contributed by atoms with Gasteiger partial charge in [0.1, 0.15) is 6.10 Å². The van der Waals surface area contributed by atoms with E-state index >= 15 is 0 Å². The Morgan fingerprint density at radius 2 is 1.90 bits per heavy atom. The number of carbonyl (C=O) groups excluding carboxylic acids is 2. The number of ether oxygens (including phenoxy) is 1. The fourth-order valence-electron chi connectivity index (χ4n) is 3.21. The molecule has 1 aromatic carbocycles. The van der Waals surface area contributed by atoms with Crippen molar-refractivity contribution >= 4 is 27.6 Å². The zero-order chi connectivity index (χ0) is 21.0. The Hall–Kier alpha value is -2.94. The third-order valence-electron chi connectivity index (χ3n) is 4.77. The van der Waals surface area contributed by atoms with Crippen LogP contribution in [0, 0.1) is 0 Å². The Balaban J connectivity index is 1.72. The summed E-state index contributed by atoms with van der Waals surface area (Å²) in [7, 11) is -4.02. The van der Waals surface area contributed by atoms with Gasteiger partial charge in [0.2, 0.25) is 5.91 Å². The van der Waals surface area contributed by atoms with Crippen molar-refractivity contribution in [1.29, 1.82) is 0 Å². The van der Waals surface area contributed by atoms with Gasteiger partial charge in [0, 0.05) is 31.2 Å². The van der Waals surface area contributed by atoms with Gasteiger partial charge in [0.25, 0.3) is 10.0 Å². The van der Waals surface area contributed by atoms with Crippen molar-refractivity contribution in [2.45, 2.75) is 31.3 Å². The quantitative estimate of drug-likeness (QED) is 0.636. The molecule has 0 saturated carbocycles. The summed E-state index contributed by atoms with van der Waals surface area (Å²) in [5.41, 5.74) is 1.15. The first-order valence-corrected chi connectivity index (χ1v) is 10.8. The number of carbonyl (C=O) groups is 2. The van der Waals surface area contributed by atoms with Crippen molar-refractivity contribution in [3.63, 3.8) is 0 Å². The predicted octanol–water partition coefficient (Wildman–Crippen LogP) is 2.07. The fraction of sp³-hybridized carbons (Fsp3) is 0.350. The number of pyridine rings is 1. The van der Waals surface area contributed by atoms with Gasteiger partial charge in [-0.25, -0.2) is 17.5 Å². The standard InChI is InChI=1S/C20H23N3O5S/c1-3-22(4-2)16-7-9-18(10-8-16)29(26,27)23-14-17(12-19(23)24)28-20(25)15-6-5-11-21-13-15/h5-11,13,17H,3-4,12,14H2,1-2H3. The monoisotopic (exact) mass is 417 g/mol. The minimum atomic E-state index is -4.02. The van der Waals surface area contributed by atoms with E-state index in [1.165, 1.54) is 30.6 Å². The molecule has 0 aliphatic carbocycles. The van der Waals surface area contributed by atoms with Crippen molar-refractivity contribution < 1.29 is 22.7 Å². The lowest BCUT2D eigenvalue weighted by Gasteiger charge is -2.22. The highest BCUT2D eigenvalue weighted by Gasteiger charge is 2.40. The smallest absolute Gasteiger partial charge is 0.340 e. The Bertz CT molecular complexity index is 973. The molecule has 9 heteroatoms. The molecule has 0 bridgehead atoms. The number of hydrogen-bond acceptors (Lipinski definition) is 7. The van der Waals surface area contributed by atoms with Gasteiger partial charge in [0.15, 0.2) is 0 Å². The molecule has 1 aliphatic rings. The largest absolute Gasteiger partial charge is 0.456 e. The summed E-state index contributed by atoms with van der Waals surface area (Å²) >= 11 is 0. The van der Waals surface area contributed by atoms with Crippen LogP contribution in [0.5, 0.6) is 0 Å². The van der Waals surface area contributed by atoms with Crippen LogP contribution >= 0.6 is 0 Å². The molecular formula is C20H23N3O5S. The number of anilines is 1. The fourth-order valence-corrected chi connectivity index (χ4v) is 4.65. The third kappa shape index (κ3) is 4.40. The van der Waals surface area contributed by atoms with Crippen molar-refractivity contribution in [2.75, 3.05) is 24.5 Å². The van der Waals surface area contributed by atoms with E-state index in [9.17, 15) is 18.0 Å². The van der Waals surface area contributed by atoms with Crippen molar-refractivity contribution in [3.05, 3.63) is 54.4 Å². The first-order valence-electron chi connectivity index (χ1n) is 9.38. The molecule has 0 spiro atoms. The molecule has 3 rings (SSSR count). The number of nitrogens with zero attached hydrogens (tertiary/aromatic N) is 3. The lowest BCUT2D eigenvalue weighted by Crippen LogP contribution is -2.33. The average molecular weight is 417 g/mol. The molecule has 1 unspecified atom stereocenters. The van der Waals surface area contributed by atoms with Crippen molar-refractivity contribution in [1.82, 2.24) is 9.29 Å². The normalized spacial score (nSPS) is 16.7. The van der Waals surface area contributed by atoms with Gasteiger partial charge in [-0.3, -0.25) is 9.78 Å². The number of esters is 1. The molecule has 1 aliphatic heterocycles. The van der Waals surface area contributed by atoms with E-state index in [2.05, 4.69) is 9.88 Å². The van der Waals surface area contributed by atoms with Crippen LogP contribution in [0.3, 0.4) is 0 Å². The van der Waals surface area contributed by atoms with Crippen LogP contribution in [0.25, 0.3) is 0 Å². The first kappa shape index (κ1) is 20.8. The molecule has 0 radical (unpaired) electrons. The highest BCUT2D eigenvalue weighted by molar-refractivity contribution is 7.89. The Labute approximate surface area is 170 Å². The minimum Gasteiger partial charge on any atom is -0.456 e. The highest BCUT2D eigenvalue weighted by Crippen LogP contribution is 2.26. The van der Waals surface area contributed by atoms with Gasteiger partial charge in [-0.2, -0.15) is 0 Å². The summed E-state index contributed by atoms with van der Waals surface area (Å²) in [6.07, 6.45) is 1.86. The van der Waals surface area contributed by atoms with Crippen LogP contribution in [-0.4, -0.2) is 55.3 Å². The maximum Gasteiger partial charge on any atom is 0.340 e. The van der Waals surface area contributed by atoms with E-state index in [0.717, 1.165) is 23.1 Å². The summed E-state index contributed by atoms with van der Waals surface area (Å²) in [5.74, 6) is -1.24. The van der Waals surface area contributed by atoms with E-state index in [4.69, 9.17) is 4.74 Å². The zero-order valence-corrected chi connectivity index (χ0v) is 17.1. The number of hydrogen-bond donors (Lipinski definition) is 0. The number of benzene rings is 1. The summed E-state index contributed by atoms with van der Waals surface area (Å²) < 4.78 is 31.9. The number of aromatic nitrogens is 1. The predicted molar refractivity (Wildman–Crippen MR) is 107 cm³/mol. The molecular weight excluding hydrogens is 394 g/mol. The van der Waals surface area contributed by atoms with Crippen molar-refractivity contribution in [2.24, 2.45) is 0 Å². The topological polar surface area (TPSA) is 96.9 Å². The van der Waals surface area contributed by atoms with Crippen LogP contribution in [0.1, 0.15) is 30.6 Å². The number of amides is 1. The Morgan fingerprint density at radius 1 is 1.21 bits per heavy atom. The van der Waals surface area contributed by atoms with Crippen LogP contribution in [-0.2, 0) is 19.6 Å². The Kier molecular flexibility index (Phi) is 6.17. The lowest BCUT2D eigenvalue weighted by atomic mass is 10.3. The SMILES string of the molecule is CCN(CC)c1ccc(S(=O)(=O)N2CC(OC(=O)c3cccnc3)CC2=O)cc1. The van der Waals surface area contributed by atoms with E-state index in [1.54, 1.807) is 18.2 Å². The minimum absolute atomic E-state index is 0.0287. The van der Waals surface area contributed by atoms with E-state index < -0.39 is 28.0 Å². The lowest BCUT2D eigenvalue weighted by molar-refractivity contribution is -0.123.